The minimum Gasteiger partial charge on any atom is -0.383 e. The third-order valence-corrected chi connectivity index (χ3v) is 6.28. The maximum absolute atomic E-state index is 12.8. The van der Waals surface area contributed by atoms with E-state index < -0.39 is 9.84 Å². The maximum Gasteiger partial charge on any atom is 0.227 e. The van der Waals surface area contributed by atoms with Gasteiger partial charge in [0.1, 0.15) is 12.0 Å². The lowest BCUT2D eigenvalue weighted by Crippen LogP contribution is -2.25. The average molecular weight is 399 g/mol. The van der Waals surface area contributed by atoms with Gasteiger partial charge in [-0.05, 0) is 26.3 Å². The van der Waals surface area contributed by atoms with Crippen molar-refractivity contribution in [3.8, 4) is 0 Å². The summed E-state index contributed by atoms with van der Waals surface area (Å²) in [4.78, 5) is 6.32. The van der Waals surface area contributed by atoms with Crippen molar-refractivity contribution in [1.29, 1.82) is 0 Å². The van der Waals surface area contributed by atoms with Crippen molar-refractivity contribution < 1.29 is 17.7 Å². The number of methoxy groups -OCH3 is 1. The van der Waals surface area contributed by atoms with E-state index in [1.54, 1.807) is 24.1 Å². The van der Waals surface area contributed by atoms with Crippen LogP contribution in [0.1, 0.15) is 44.6 Å². The van der Waals surface area contributed by atoms with Gasteiger partial charge >= 0.3 is 0 Å². The molecule has 0 bridgehead atoms. The van der Waals surface area contributed by atoms with E-state index in [0.29, 0.717) is 32.0 Å². The van der Waals surface area contributed by atoms with Crippen molar-refractivity contribution in [2.45, 2.75) is 51.5 Å². The lowest BCUT2D eigenvalue weighted by Gasteiger charge is -2.23. The summed E-state index contributed by atoms with van der Waals surface area (Å²) < 4.78 is 37.4. The van der Waals surface area contributed by atoms with Gasteiger partial charge in [-0.3, -0.25) is 4.90 Å². The van der Waals surface area contributed by atoms with Crippen LogP contribution in [-0.4, -0.2) is 54.5 Å². The van der Waals surface area contributed by atoms with E-state index >= 15 is 0 Å². The number of ether oxygens (including phenoxy) is 1. The Morgan fingerprint density at radius 3 is 2.67 bits per heavy atom. The van der Waals surface area contributed by atoms with Crippen LogP contribution < -0.4 is 0 Å². The highest BCUT2D eigenvalue weighted by Crippen LogP contribution is 2.21. The van der Waals surface area contributed by atoms with E-state index in [9.17, 15) is 8.42 Å². The fourth-order valence-corrected chi connectivity index (χ4v) is 4.45. The molecule has 0 aromatic carbocycles. The first kappa shape index (κ1) is 21.6. The summed E-state index contributed by atoms with van der Waals surface area (Å²) in [5, 5.41) is 4.10. The van der Waals surface area contributed by atoms with Gasteiger partial charge in [-0.25, -0.2) is 13.4 Å². The highest BCUT2D eigenvalue weighted by Gasteiger charge is 2.25. The monoisotopic (exact) mass is 398 g/mol. The van der Waals surface area contributed by atoms with Gasteiger partial charge in [0.15, 0.2) is 0 Å². The topological polar surface area (TPSA) is 90.5 Å². The molecule has 2 rings (SSSR count). The molecular weight excluding hydrogens is 368 g/mol. The lowest BCUT2D eigenvalue weighted by molar-refractivity contribution is 0.180. The van der Waals surface area contributed by atoms with Gasteiger partial charge in [-0.15, -0.1) is 0 Å². The summed E-state index contributed by atoms with van der Waals surface area (Å²) in [5.74, 6) is 0.412. The molecule has 0 saturated heterocycles. The van der Waals surface area contributed by atoms with Crippen LogP contribution in [0.2, 0.25) is 0 Å². The van der Waals surface area contributed by atoms with Crippen molar-refractivity contribution in [1.82, 2.24) is 19.6 Å². The molecule has 0 aliphatic rings. The Kier molecular flexibility index (Phi) is 7.58. The Morgan fingerprint density at radius 1 is 1.33 bits per heavy atom. The summed E-state index contributed by atoms with van der Waals surface area (Å²) in [7, 11) is 0.113. The van der Waals surface area contributed by atoms with Gasteiger partial charge < -0.3 is 13.8 Å². The van der Waals surface area contributed by atoms with E-state index in [1.165, 1.54) is 0 Å². The van der Waals surface area contributed by atoms with Crippen molar-refractivity contribution in [3.05, 3.63) is 29.9 Å². The van der Waals surface area contributed by atoms with Crippen molar-refractivity contribution in [2.75, 3.05) is 26.5 Å². The molecule has 0 aliphatic carbocycles. The molecule has 9 heteroatoms. The number of rotatable bonds is 11. The summed E-state index contributed by atoms with van der Waals surface area (Å²) in [6.45, 7) is 7.43. The second-order valence-electron chi connectivity index (χ2n) is 7.19. The molecule has 2 aromatic heterocycles. The highest BCUT2D eigenvalue weighted by molar-refractivity contribution is 7.91. The molecule has 27 heavy (non-hydrogen) atoms. The lowest BCUT2D eigenvalue weighted by atomic mass is 10.2. The number of imidazole rings is 1. The molecule has 0 amide bonds. The smallest absolute Gasteiger partial charge is 0.227 e. The Balaban J connectivity index is 2.24. The minimum absolute atomic E-state index is 0.0236. The fourth-order valence-electron chi connectivity index (χ4n) is 2.73. The van der Waals surface area contributed by atoms with Gasteiger partial charge in [0.25, 0.3) is 0 Å². The zero-order valence-electron chi connectivity index (χ0n) is 16.8. The summed E-state index contributed by atoms with van der Waals surface area (Å²) in [6.07, 6.45) is 3.80. The van der Waals surface area contributed by atoms with Gasteiger partial charge in [0.2, 0.25) is 15.0 Å². The largest absolute Gasteiger partial charge is 0.383 e. The van der Waals surface area contributed by atoms with Crippen molar-refractivity contribution in [2.24, 2.45) is 5.92 Å². The van der Waals surface area contributed by atoms with Crippen LogP contribution >= 0.6 is 0 Å². The Hall–Kier alpha value is -1.71. The quantitative estimate of drug-likeness (QED) is 0.574. The summed E-state index contributed by atoms with van der Waals surface area (Å²) >= 11 is 0. The van der Waals surface area contributed by atoms with E-state index in [4.69, 9.17) is 9.26 Å². The first-order valence-corrected chi connectivity index (χ1v) is 10.8. The van der Waals surface area contributed by atoms with Crippen molar-refractivity contribution in [3.63, 3.8) is 0 Å². The standard InChI is InChI=1S/C18H30N4O4S/c1-14(2)7-11-27(23,24)18-19-12-16(22(18)8-10-25-5)13-21(4)15(3)17-6-9-26-20-17/h6,9,12,14-15H,7-8,10-11,13H2,1-5H3/t15-/m1/s1. The zero-order chi connectivity index (χ0) is 20.0. The zero-order valence-corrected chi connectivity index (χ0v) is 17.6. The summed E-state index contributed by atoms with van der Waals surface area (Å²) in [5.41, 5.74) is 1.65. The van der Waals surface area contributed by atoms with E-state index in [0.717, 1.165) is 11.4 Å². The number of sulfone groups is 1. The first-order chi connectivity index (χ1) is 12.8. The predicted molar refractivity (Wildman–Crippen MR) is 102 cm³/mol. The molecule has 0 aliphatic heterocycles. The number of aromatic nitrogens is 3. The van der Waals surface area contributed by atoms with Crippen LogP contribution in [0.25, 0.3) is 0 Å². The maximum atomic E-state index is 12.8. The Morgan fingerprint density at radius 2 is 2.07 bits per heavy atom. The molecule has 0 fully saturated rings. The molecule has 2 heterocycles. The second kappa shape index (κ2) is 9.48. The molecule has 152 valence electrons. The predicted octanol–water partition coefficient (Wildman–Crippen LogP) is 2.53. The van der Waals surface area contributed by atoms with Gasteiger partial charge in [-0.2, -0.15) is 0 Å². The minimum atomic E-state index is -3.44. The van der Waals surface area contributed by atoms with Crippen molar-refractivity contribution >= 4 is 9.84 Å². The van der Waals surface area contributed by atoms with Gasteiger partial charge in [-0.1, -0.05) is 19.0 Å². The number of nitrogens with zero attached hydrogens (tertiary/aromatic N) is 4. The van der Waals surface area contributed by atoms with Gasteiger partial charge in [0.05, 0.1) is 30.3 Å². The van der Waals surface area contributed by atoms with Crippen LogP contribution in [-0.2, 0) is 27.7 Å². The van der Waals surface area contributed by atoms with Crippen LogP contribution in [0.3, 0.4) is 0 Å². The van der Waals surface area contributed by atoms with Crippen LogP contribution in [0.4, 0.5) is 0 Å². The molecule has 1 atom stereocenters. The second-order valence-corrected chi connectivity index (χ2v) is 9.20. The highest BCUT2D eigenvalue weighted by atomic mass is 32.2. The fraction of sp³-hybridized carbons (Fsp3) is 0.667. The molecule has 0 saturated carbocycles. The molecular formula is C18H30N4O4S. The number of hydrogen-bond donors (Lipinski definition) is 0. The molecule has 0 N–H and O–H groups in total. The van der Waals surface area contributed by atoms with Crippen LogP contribution in [0.5, 0.6) is 0 Å². The average Bonchev–Trinajstić information content (AvgIpc) is 3.28. The SMILES string of the molecule is COCCn1c(CN(C)[C@H](C)c2ccon2)cnc1S(=O)(=O)CCC(C)C. The van der Waals surface area contributed by atoms with Crippen LogP contribution in [0, 0.1) is 5.92 Å². The summed E-state index contributed by atoms with van der Waals surface area (Å²) in [6, 6.07) is 1.85. The van der Waals surface area contributed by atoms with E-state index in [-0.39, 0.29) is 17.0 Å². The molecule has 8 nitrogen and oxygen atoms in total. The van der Waals surface area contributed by atoms with Gasteiger partial charge in [0, 0.05) is 26.3 Å². The third kappa shape index (κ3) is 5.63. The Labute approximate surface area is 161 Å². The Bertz CT molecular complexity index is 799. The molecule has 0 unspecified atom stereocenters. The molecule has 2 aromatic rings. The van der Waals surface area contributed by atoms with E-state index in [1.807, 2.05) is 33.9 Å². The normalized spacial score (nSPS) is 13.6. The van der Waals surface area contributed by atoms with E-state index in [2.05, 4.69) is 15.0 Å². The first-order valence-electron chi connectivity index (χ1n) is 9.13. The molecule has 0 spiro atoms. The van der Waals surface area contributed by atoms with Crippen LogP contribution in [0.15, 0.2) is 28.2 Å². The third-order valence-electron chi connectivity index (χ3n) is 4.62. The molecule has 0 radical (unpaired) electrons. The number of hydrogen-bond acceptors (Lipinski definition) is 7.